The zero-order valence-corrected chi connectivity index (χ0v) is 14.7. The third-order valence-corrected chi connectivity index (χ3v) is 4.47. The van der Waals surface area contributed by atoms with Crippen molar-refractivity contribution >= 4 is 11.6 Å². The Hall–Kier alpha value is -4.00. The van der Waals surface area contributed by atoms with Crippen molar-refractivity contribution in [2.75, 3.05) is 5.73 Å². The summed E-state index contributed by atoms with van der Waals surface area (Å²) < 4.78 is 11.2. The van der Waals surface area contributed by atoms with E-state index in [0.29, 0.717) is 17.5 Å². The normalized spacial score (nSPS) is 12.5. The number of benzene rings is 2. The van der Waals surface area contributed by atoms with Gasteiger partial charge in [0.1, 0.15) is 5.75 Å². The quantitative estimate of drug-likeness (QED) is 0.582. The fourth-order valence-corrected chi connectivity index (χ4v) is 3.19. The van der Waals surface area contributed by atoms with E-state index in [9.17, 15) is 0 Å². The highest BCUT2D eigenvalue weighted by molar-refractivity contribution is 5.84. The van der Waals surface area contributed by atoms with Crippen LogP contribution in [0.5, 0.6) is 11.6 Å². The third-order valence-electron chi connectivity index (χ3n) is 4.47. The number of para-hydroxylation sites is 1. The molecule has 0 atom stereocenters. The molecule has 0 saturated heterocycles. The van der Waals surface area contributed by atoms with Crippen molar-refractivity contribution in [2.24, 2.45) is 0 Å². The second-order valence-corrected chi connectivity index (χ2v) is 6.30. The van der Waals surface area contributed by atoms with Gasteiger partial charge >= 0.3 is 6.01 Å². The predicted octanol–water partition coefficient (Wildman–Crippen LogP) is 3.89. The molecular weight excluding hydrogens is 354 g/mol. The molecule has 136 valence electrons. The molecule has 0 saturated carbocycles. The molecule has 7 nitrogen and oxygen atoms in total. The Morgan fingerprint density at radius 1 is 1.00 bits per heavy atom. The van der Waals surface area contributed by atoms with Gasteiger partial charge < -0.3 is 14.9 Å². The number of nitrogen functional groups attached to an aromatic ring is 1. The third kappa shape index (κ3) is 2.99. The smallest absolute Gasteiger partial charge is 0.313 e. The molecule has 5 rings (SSSR count). The summed E-state index contributed by atoms with van der Waals surface area (Å²) in [7, 11) is 0. The molecule has 0 radical (unpaired) electrons. The fourth-order valence-electron chi connectivity index (χ4n) is 3.19. The Labute approximate surface area is 160 Å². The molecule has 0 spiro atoms. The SMILES string of the molecule is Nc1nnc(-c2ccc3c(c2)C(c2cncc(Oc4ccccc4)n2)=CC3)o1. The average Bonchev–Trinajstić information content (AvgIpc) is 3.35. The summed E-state index contributed by atoms with van der Waals surface area (Å²) in [5.41, 5.74) is 10.3. The van der Waals surface area contributed by atoms with Crippen LogP contribution < -0.4 is 10.5 Å². The summed E-state index contributed by atoms with van der Waals surface area (Å²) in [5, 5.41) is 7.68. The van der Waals surface area contributed by atoms with Crippen LogP contribution >= 0.6 is 0 Å². The first-order chi connectivity index (χ1) is 13.8. The van der Waals surface area contributed by atoms with Gasteiger partial charge in [0.2, 0.25) is 11.8 Å². The van der Waals surface area contributed by atoms with E-state index in [1.54, 1.807) is 12.4 Å². The Morgan fingerprint density at radius 3 is 2.71 bits per heavy atom. The highest BCUT2D eigenvalue weighted by atomic mass is 16.5. The van der Waals surface area contributed by atoms with Gasteiger partial charge in [0.05, 0.1) is 18.1 Å². The number of ether oxygens (including phenoxy) is 1. The minimum Gasteiger partial charge on any atom is -0.437 e. The van der Waals surface area contributed by atoms with Gasteiger partial charge in [0, 0.05) is 11.1 Å². The average molecular weight is 369 g/mol. The van der Waals surface area contributed by atoms with Gasteiger partial charge in [0.15, 0.2) is 0 Å². The number of hydrogen-bond donors (Lipinski definition) is 1. The second kappa shape index (κ2) is 6.62. The second-order valence-electron chi connectivity index (χ2n) is 6.30. The molecule has 4 aromatic rings. The number of nitrogens with two attached hydrogens (primary N) is 1. The van der Waals surface area contributed by atoms with Gasteiger partial charge in [-0.1, -0.05) is 35.4 Å². The molecule has 1 aliphatic rings. The van der Waals surface area contributed by atoms with Gasteiger partial charge in [-0.15, -0.1) is 5.10 Å². The van der Waals surface area contributed by atoms with Gasteiger partial charge in [-0.2, -0.15) is 0 Å². The van der Waals surface area contributed by atoms with Gasteiger partial charge in [-0.05, 0) is 41.8 Å². The number of fused-ring (bicyclic) bond motifs is 1. The number of aromatic nitrogens is 4. The summed E-state index contributed by atoms with van der Waals surface area (Å²) in [6.45, 7) is 0. The Morgan fingerprint density at radius 2 is 1.89 bits per heavy atom. The first-order valence-corrected chi connectivity index (χ1v) is 8.74. The molecular formula is C21H15N5O2. The van der Waals surface area contributed by atoms with E-state index in [4.69, 9.17) is 14.9 Å². The van der Waals surface area contributed by atoms with Crippen molar-refractivity contribution in [1.82, 2.24) is 20.2 Å². The molecule has 1 aliphatic carbocycles. The van der Waals surface area contributed by atoms with E-state index in [-0.39, 0.29) is 6.01 Å². The van der Waals surface area contributed by atoms with Crippen LogP contribution in [-0.2, 0) is 6.42 Å². The number of hydrogen-bond acceptors (Lipinski definition) is 7. The molecule has 0 unspecified atom stereocenters. The lowest BCUT2D eigenvalue weighted by Gasteiger charge is -2.09. The van der Waals surface area contributed by atoms with Crippen LogP contribution in [-0.4, -0.2) is 20.2 Å². The van der Waals surface area contributed by atoms with E-state index in [0.717, 1.165) is 28.8 Å². The predicted molar refractivity (Wildman–Crippen MR) is 103 cm³/mol. The number of rotatable bonds is 4. The van der Waals surface area contributed by atoms with Crippen molar-refractivity contribution in [2.45, 2.75) is 6.42 Å². The molecule has 0 aliphatic heterocycles. The highest BCUT2D eigenvalue weighted by Crippen LogP contribution is 2.35. The van der Waals surface area contributed by atoms with Crippen LogP contribution in [0.15, 0.2) is 71.4 Å². The Bertz CT molecular complexity index is 1180. The van der Waals surface area contributed by atoms with Crippen molar-refractivity contribution in [3.05, 3.63) is 83.8 Å². The monoisotopic (exact) mass is 369 g/mol. The van der Waals surface area contributed by atoms with E-state index < -0.39 is 0 Å². The maximum atomic E-state index is 5.81. The maximum absolute atomic E-state index is 5.81. The summed E-state index contributed by atoms with van der Waals surface area (Å²) in [6, 6.07) is 15.6. The first kappa shape index (κ1) is 16.2. The van der Waals surface area contributed by atoms with Gasteiger partial charge in [-0.25, -0.2) is 4.98 Å². The van der Waals surface area contributed by atoms with Crippen molar-refractivity contribution in [3.8, 4) is 23.1 Å². The minimum atomic E-state index is 0.0443. The van der Waals surface area contributed by atoms with Crippen molar-refractivity contribution in [3.63, 3.8) is 0 Å². The Balaban J connectivity index is 1.48. The van der Waals surface area contributed by atoms with Gasteiger partial charge in [0.25, 0.3) is 0 Å². The molecule has 2 N–H and O–H groups in total. The van der Waals surface area contributed by atoms with E-state index in [2.05, 4.69) is 26.2 Å². The fraction of sp³-hybridized carbons (Fsp3) is 0.0476. The highest BCUT2D eigenvalue weighted by Gasteiger charge is 2.20. The van der Waals surface area contributed by atoms with Crippen LogP contribution in [0.25, 0.3) is 17.0 Å². The largest absolute Gasteiger partial charge is 0.437 e. The van der Waals surface area contributed by atoms with Crippen LogP contribution in [0.4, 0.5) is 6.01 Å². The molecule has 28 heavy (non-hydrogen) atoms. The molecule has 2 aromatic carbocycles. The zero-order chi connectivity index (χ0) is 18.9. The summed E-state index contributed by atoms with van der Waals surface area (Å²) in [5.74, 6) is 1.55. The number of allylic oxidation sites excluding steroid dienone is 1. The maximum Gasteiger partial charge on any atom is 0.313 e. The molecule has 2 heterocycles. The zero-order valence-electron chi connectivity index (χ0n) is 14.7. The van der Waals surface area contributed by atoms with Crippen LogP contribution in [0.2, 0.25) is 0 Å². The standard InChI is InChI=1S/C21H15N5O2/c22-21-26-25-20(28-21)14-7-6-13-8-9-16(17(13)10-14)18-11-23-12-19(24-18)27-15-4-2-1-3-5-15/h1-7,9-12H,8H2,(H2,22,26). The molecule has 0 amide bonds. The minimum absolute atomic E-state index is 0.0443. The van der Waals surface area contributed by atoms with E-state index >= 15 is 0 Å². The Kier molecular flexibility index (Phi) is 3.83. The lowest BCUT2D eigenvalue weighted by molar-refractivity contribution is 0.459. The van der Waals surface area contributed by atoms with Crippen LogP contribution in [0, 0.1) is 0 Å². The lowest BCUT2D eigenvalue weighted by Crippen LogP contribution is -1.96. The molecule has 0 bridgehead atoms. The summed E-state index contributed by atoms with van der Waals surface area (Å²) in [4.78, 5) is 8.93. The van der Waals surface area contributed by atoms with Gasteiger partial charge in [-0.3, -0.25) is 4.98 Å². The van der Waals surface area contributed by atoms with E-state index in [1.807, 2.05) is 48.5 Å². The van der Waals surface area contributed by atoms with Crippen LogP contribution in [0.1, 0.15) is 16.8 Å². The van der Waals surface area contributed by atoms with E-state index in [1.165, 1.54) is 5.56 Å². The number of nitrogens with zero attached hydrogens (tertiary/aromatic N) is 4. The summed E-state index contributed by atoms with van der Waals surface area (Å²) in [6.07, 6.45) is 6.29. The van der Waals surface area contributed by atoms with Crippen molar-refractivity contribution in [1.29, 1.82) is 0 Å². The lowest BCUT2D eigenvalue weighted by atomic mass is 10.0. The summed E-state index contributed by atoms with van der Waals surface area (Å²) >= 11 is 0. The van der Waals surface area contributed by atoms with Crippen LogP contribution in [0.3, 0.4) is 0 Å². The number of anilines is 1. The topological polar surface area (TPSA) is 100.0 Å². The molecule has 0 fully saturated rings. The molecule has 7 heteroatoms. The first-order valence-electron chi connectivity index (χ1n) is 8.74. The molecule has 2 aromatic heterocycles. The van der Waals surface area contributed by atoms with Crippen molar-refractivity contribution < 1.29 is 9.15 Å².